The van der Waals surface area contributed by atoms with Crippen LogP contribution in [0.2, 0.25) is 0 Å². The summed E-state index contributed by atoms with van der Waals surface area (Å²) < 4.78 is 1.90. The molecule has 5 nitrogen and oxygen atoms in total. The van der Waals surface area contributed by atoms with Gasteiger partial charge in [0.2, 0.25) is 0 Å². The number of aromatic nitrogens is 4. The summed E-state index contributed by atoms with van der Waals surface area (Å²) in [7, 11) is 0. The van der Waals surface area contributed by atoms with Gasteiger partial charge in [-0.05, 0) is 31.6 Å². The average molecular weight is 271 g/mol. The Hall–Kier alpha value is -1.65. The van der Waals surface area contributed by atoms with Crippen molar-refractivity contribution < 1.29 is 0 Å². The Bertz CT molecular complexity index is 634. The van der Waals surface area contributed by atoms with Crippen LogP contribution in [0.5, 0.6) is 0 Å². The van der Waals surface area contributed by atoms with Crippen molar-refractivity contribution in [2.24, 2.45) is 11.8 Å². The van der Waals surface area contributed by atoms with Crippen LogP contribution in [0.1, 0.15) is 38.3 Å². The Morgan fingerprint density at radius 3 is 3.00 bits per heavy atom. The van der Waals surface area contributed by atoms with Crippen molar-refractivity contribution in [1.29, 1.82) is 0 Å². The van der Waals surface area contributed by atoms with Crippen molar-refractivity contribution >= 4 is 11.6 Å². The zero-order valence-corrected chi connectivity index (χ0v) is 12.2. The van der Waals surface area contributed by atoms with Gasteiger partial charge in [-0.1, -0.05) is 19.8 Å². The molecule has 0 aromatic carbocycles. The van der Waals surface area contributed by atoms with Gasteiger partial charge in [0, 0.05) is 24.3 Å². The Morgan fingerprint density at radius 2 is 2.10 bits per heavy atom. The van der Waals surface area contributed by atoms with Crippen molar-refractivity contribution in [3.05, 3.63) is 18.1 Å². The van der Waals surface area contributed by atoms with Gasteiger partial charge in [-0.25, -0.2) is 4.98 Å². The lowest BCUT2D eigenvalue weighted by Gasteiger charge is -2.33. The summed E-state index contributed by atoms with van der Waals surface area (Å²) in [5.74, 6) is 3.50. The van der Waals surface area contributed by atoms with Crippen molar-refractivity contribution in [3.63, 3.8) is 0 Å². The summed E-state index contributed by atoms with van der Waals surface area (Å²) in [5.41, 5.74) is 1.02. The van der Waals surface area contributed by atoms with Crippen LogP contribution in [0.15, 0.2) is 12.4 Å². The molecule has 20 heavy (non-hydrogen) atoms. The molecule has 0 N–H and O–H groups in total. The number of hydrogen-bond donors (Lipinski definition) is 0. The second kappa shape index (κ2) is 4.43. The third kappa shape index (κ3) is 1.72. The standard InChI is InChI=1S/C15H21N5/c1-10-8-19(13-6-4-3-5-12(10)13)14-7-11(2)18-15-16-9-17-20(14)15/h7,9-10,12-13H,3-6,8H2,1-2H3. The minimum Gasteiger partial charge on any atom is -0.353 e. The fraction of sp³-hybridized carbons (Fsp3) is 0.667. The van der Waals surface area contributed by atoms with Gasteiger partial charge in [0.05, 0.1) is 0 Å². The SMILES string of the molecule is Cc1cc(N2CC(C)C3CCCCC32)n2ncnc2n1. The molecule has 3 unspecified atom stereocenters. The molecule has 3 atom stereocenters. The van der Waals surface area contributed by atoms with E-state index in [9.17, 15) is 0 Å². The quantitative estimate of drug-likeness (QED) is 0.799. The molecule has 106 valence electrons. The van der Waals surface area contributed by atoms with Crippen LogP contribution in [-0.2, 0) is 0 Å². The number of rotatable bonds is 1. The number of anilines is 1. The molecule has 1 aliphatic heterocycles. The number of hydrogen-bond acceptors (Lipinski definition) is 4. The van der Waals surface area contributed by atoms with Crippen LogP contribution >= 0.6 is 0 Å². The summed E-state index contributed by atoms with van der Waals surface area (Å²) in [6.45, 7) is 5.57. The average Bonchev–Trinajstić information content (AvgIpc) is 3.03. The Labute approximate surface area is 119 Å². The lowest BCUT2D eigenvalue weighted by Crippen LogP contribution is -2.36. The van der Waals surface area contributed by atoms with E-state index in [0.717, 1.165) is 24.1 Å². The van der Waals surface area contributed by atoms with Crippen molar-refractivity contribution in [2.45, 2.75) is 45.6 Å². The van der Waals surface area contributed by atoms with E-state index in [4.69, 9.17) is 0 Å². The van der Waals surface area contributed by atoms with E-state index in [-0.39, 0.29) is 0 Å². The highest BCUT2D eigenvalue weighted by Gasteiger charge is 2.41. The van der Waals surface area contributed by atoms with Crippen LogP contribution in [-0.4, -0.2) is 32.2 Å². The van der Waals surface area contributed by atoms with Gasteiger partial charge in [-0.2, -0.15) is 14.6 Å². The largest absolute Gasteiger partial charge is 0.353 e. The molecule has 2 fully saturated rings. The predicted octanol–water partition coefficient (Wildman–Crippen LogP) is 2.45. The van der Waals surface area contributed by atoms with Gasteiger partial charge < -0.3 is 4.90 Å². The van der Waals surface area contributed by atoms with E-state index in [1.807, 2.05) is 11.4 Å². The molecular formula is C15H21N5. The van der Waals surface area contributed by atoms with Crippen LogP contribution in [0.4, 0.5) is 5.82 Å². The van der Waals surface area contributed by atoms with E-state index in [1.165, 1.54) is 31.5 Å². The van der Waals surface area contributed by atoms with Crippen molar-refractivity contribution in [1.82, 2.24) is 19.6 Å². The van der Waals surface area contributed by atoms with Crippen LogP contribution in [0.25, 0.3) is 5.78 Å². The van der Waals surface area contributed by atoms with E-state index >= 15 is 0 Å². The maximum atomic E-state index is 4.45. The number of aryl methyl sites for hydroxylation is 1. The molecule has 2 aromatic rings. The van der Waals surface area contributed by atoms with E-state index in [2.05, 4.69) is 33.0 Å². The minimum absolute atomic E-state index is 0.674. The maximum Gasteiger partial charge on any atom is 0.254 e. The molecule has 1 aliphatic carbocycles. The van der Waals surface area contributed by atoms with Crippen LogP contribution in [0, 0.1) is 18.8 Å². The summed E-state index contributed by atoms with van der Waals surface area (Å²) in [5, 5.41) is 4.37. The summed E-state index contributed by atoms with van der Waals surface area (Å²) in [6, 6.07) is 2.83. The molecule has 0 bridgehead atoms. The fourth-order valence-corrected chi connectivity index (χ4v) is 4.15. The first-order valence-corrected chi connectivity index (χ1v) is 7.68. The Balaban J connectivity index is 1.80. The zero-order valence-electron chi connectivity index (χ0n) is 12.2. The van der Waals surface area contributed by atoms with Gasteiger partial charge in [-0.3, -0.25) is 0 Å². The Morgan fingerprint density at radius 1 is 1.25 bits per heavy atom. The maximum absolute atomic E-state index is 4.45. The summed E-state index contributed by atoms with van der Waals surface area (Å²) in [4.78, 5) is 11.3. The third-order valence-corrected chi connectivity index (χ3v) is 5.05. The fourth-order valence-electron chi connectivity index (χ4n) is 4.15. The summed E-state index contributed by atoms with van der Waals surface area (Å²) >= 11 is 0. The second-order valence-electron chi connectivity index (χ2n) is 6.37. The number of fused-ring (bicyclic) bond motifs is 2. The van der Waals surface area contributed by atoms with Gasteiger partial charge in [0.1, 0.15) is 12.1 Å². The minimum atomic E-state index is 0.674. The molecule has 1 saturated heterocycles. The highest BCUT2D eigenvalue weighted by Crippen LogP contribution is 2.41. The normalized spacial score (nSPS) is 29.9. The molecule has 2 aromatic heterocycles. The van der Waals surface area contributed by atoms with Crippen LogP contribution in [0.3, 0.4) is 0 Å². The highest BCUT2D eigenvalue weighted by molar-refractivity contribution is 5.49. The lowest BCUT2D eigenvalue weighted by molar-refractivity contribution is 0.293. The molecule has 0 radical (unpaired) electrons. The van der Waals surface area contributed by atoms with Crippen molar-refractivity contribution in [3.8, 4) is 0 Å². The Kier molecular flexibility index (Phi) is 2.69. The molecule has 0 amide bonds. The van der Waals surface area contributed by atoms with Gasteiger partial charge >= 0.3 is 0 Å². The van der Waals surface area contributed by atoms with Gasteiger partial charge in [0.15, 0.2) is 0 Å². The molecular weight excluding hydrogens is 250 g/mol. The first kappa shape index (κ1) is 12.1. The van der Waals surface area contributed by atoms with Gasteiger partial charge in [-0.15, -0.1) is 0 Å². The van der Waals surface area contributed by atoms with E-state index < -0.39 is 0 Å². The topological polar surface area (TPSA) is 46.3 Å². The molecule has 0 spiro atoms. The monoisotopic (exact) mass is 271 g/mol. The first-order valence-electron chi connectivity index (χ1n) is 7.68. The van der Waals surface area contributed by atoms with E-state index in [1.54, 1.807) is 6.33 Å². The first-order chi connectivity index (χ1) is 9.74. The smallest absolute Gasteiger partial charge is 0.254 e. The van der Waals surface area contributed by atoms with Crippen molar-refractivity contribution in [2.75, 3.05) is 11.4 Å². The van der Waals surface area contributed by atoms with Crippen LogP contribution < -0.4 is 4.90 Å². The zero-order chi connectivity index (χ0) is 13.7. The molecule has 1 saturated carbocycles. The summed E-state index contributed by atoms with van der Waals surface area (Å²) in [6.07, 6.45) is 7.05. The lowest BCUT2D eigenvalue weighted by atomic mass is 9.80. The molecule has 4 rings (SSSR count). The highest BCUT2D eigenvalue weighted by atomic mass is 15.4. The molecule has 5 heteroatoms. The third-order valence-electron chi connectivity index (χ3n) is 5.05. The predicted molar refractivity (Wildman–Crippen MR) is 77.8 cm³/mol. The van der Waals surface area contributed by atoms with E-state index in [0.29, 0.717) is 11.8 Å². The van der Waals surface area contributed by atoms with Gasteiger partial charge in [0.25, 0.3) is 5.78 Å². The molecule has 3 heterocycles. The molecule has 2 aliphatic rings. The second-order valence-corrected chi connectivity index (χ2v) is 6.37. The number of nitrogens with zero attached hydrogens (tertiary/aromatic N) is 5.